The first-order chi connectivity index (χ1) is 13.4. The Morgan fingerprint density at radius 1 is 0.964 bits per heavy atom. The Morgan fingerprint density at radius 3 is 2.14 bits per heavy atom. The van der Waals surface area contributed by atoms with Crippen LogP contribution in [-0.4, -0.2) is 23.7 Å². The number of nitrogens with zero attached hydrogens (tertiary/aromatic N) is 2. The molecule has 0 amide bonds. The molecule has 28 heavy (non-hydrogen) atoms. The number of aromatic nitrogens is 1. The zero-order valence-corrected chi connectivity index (χ0v) is 17.9. The minimum Gasteiger partial charge on any atom is -0.330 e. The molecule has 2 heterocycles. The summed E-state index contributed by atoms with van der Waals surface area (Å²) in [5, 5.41) is 0. The van der Waals surface area contributed by atoms with Crippen LogP contribution in [0.4, 0.5) is 11.4 Å². The van der Waals surface area contributed by atoms with Gasteiger partial charge in [0.15, 0.2) is 0 Å². The van der Waals surface area contributed by atoms with Crippen LogP contribution >= 0.6 is 27.7 Å². The predicted octanol–water partition coefficient (Wildman–Crippen LogP) is 5.47. The molecule has 1 atom stereocenters. The lowest BCUT2D eigenvalue weighted by molar-refractivity contribution is 0.476. The SMILES string of the molecule is O=S(=O)(O)CCC(c1cccc(Br)n1)N1c2ccccc2Sc2ccccc21. The monoisotopic (exact) mass is 476 g/mol. The van der Waals surface area contributed by atoms with E-state index in [0.29, 0.717) is 4.60 Å². The Balaban J connectivity index is 1.88. The van der Waals surface area contributed by atoms with Crippen molar-refractivity contribution in [3.63, 3.8) is 0 Å². The number of pyridine rings is 1. The van der Waals surface area contributed by atoms with E-state index >= 15 is 0 Å². The van der Waals surface area contributed by atoms with Gasteiger partial charge in [0.05, 0.1) is 28.9 Å². The number of hydrogen-bond acceptors (Lipinski definition) is 5. The van der Waals surface area contributed by atoms with Crippen LogP contribution < -0.4 is 4.90 Å². The van der Waals surface area contributed by atoms with Gasteiger partial charge in [-0.2, -0.15) is 8.42 Å². The van der Waals surface area contributed by atoms with E-state index in [2.05, 4.69) is 37.9 Å². The van der Waals surface area contributed by atoms with Gasteiger partial charge in [-0.1, -0.05) is 42.1 Å². The topological polar surface area (TPSA) is 70.5 Å². The molecule has 0 saturated carbocycles. The van der Waals surface area contributed by atoms with Gasteiger partial charge in [0, 0.05) is 9.79 Å². The van der Waals surface area contributed by atoms with Gasteiger partial charge in [0.25, 0.3) is 10.1 Å². The quantitative estimate of drug-likeness (QED) is 0.389. The van der Waals surface area contributed by atoms with Crippen molar-refractivity contribution < 1.29 is 13.0 Å². The molecule has 1 aliphatic heterocycles. The maximum absolute atomic E-state index is 11.5. The summed E-state index contributed by atoms with van der Waals surface area (Å²) in [6, 6.07) is 21.3. The first kappa shape index (κ1) is 19.4. The smallest absolute Gasteiger partial charge is 0.264 e. The van der Waals surface area contributed by atoms with E-state index in [9.17, 15) is 13.0 Å². The first-order valence-corrected chi connectivity index (χ1v) is 11.9. The average Bonchev–Trinajstić information content (AvgIpc) is 2.66. The summed E-state index contributed by atoms with van der Waals surface area (Å²) in [6.07, 6.45) is 0.204. The number of benzene rings is 2. The molecule has 8 heteroatoms. The van der Waals surface area contributed by atoms with Crippen LogP contribution in [0.1, 0.15) is 18.2 Å². The molecule has 144 valence electrons. The Kier molecular flexibility index (Phi) is 5.46. The third-order valence-corrected chi connectivity index (χ3v) is 6.83. The third kappa shape index (κ3) is 4.10. The average molecular weight is 477 g/mol. The molecular weight excluding hydrogens is 460 g/mol. The molecule has 0 saturated heterocycles. The van der Waals surface area contributed by atoms with Crippen molar-refractivity contribution in [2.45, 2.75) is 22.3 Å². The zero-order valence-electron chi connectivity index (χ0n) is 14.7. The Bertz CT molecular complexity index is 1080. The van der Waals surface area contributed by atoms with Crippen molar-refractivity contribution in [2.24, 2.45) is 0 Å². The van der Waals surface area contributed by atoms with Crippen LogP contribution in [0.25, 0.3) is 0 Å². The maximum Gasteiger partial charge on any atom is 0.264 e. The zero-order chi connectivity index (χ0) is 19.7. The normalized spacial score (nSPS) is 14.3. The van der Waals surface area contributed by atoms with Crippen molar-refractivity contribution in [1.82, 2.24) is 4.98 Å². The van der Waals surface area contributed by atoms with Crippen LogP contribution in [0.15, 0.2) is 81.1 Å². The van der Waals surface area contributed by atoms with Crippen molar-refractivity contribution in [3.05, 3.63) is 77.0 Å². The lowest BCUT2D eigenvalue weighted by Crippen LogP contribution is -2.29. The second-order valence-corrected chi connectivity index (χ2v) is 9.85. The van der Waals surface area contributed by atoms with E-state index < -0.39 is 10.1 Å². The number of halogens is 1. The first-order valence-electron chi connectivity index (χ1n) is 8.65. The molecule has 1 aliphatic rings. The summed E-state index contributed by atoms with van der Waals surface area (Å²) >= 11 is 5.09. The van der Waals surface area contributed by atoms with E-state index in [1.165, 1.54) is 0 Å². The van der Waals surface area contributed by atoms with Crippen LogP contribution in [-0.2, 0) is 10.1 Å². The molecule has 1 aromatic heterocycles. The molecule has 3 aromatic rings. The molecule has 0 aliphatic carbocycles. The van der Waals surface area contributed by atoms with E-state index in [1.807, 2.05) is 54.6 Å². The van der Waals surface area contributed by atoms with E-state index in [-0.39, 0.29) is 18.2 Å². The molecule has 0 bridgehead atoms. The Labute approximate surface area is 176 Å². The van der Waals surface area contributed by atoms with Crippen molar-refractivity contribution in [1.29, 1.82) is 0 Å². The predicted molar refractivity (Wildman–Crippen MR) is 115 cm³/mol. The summed E-state index contributed by atoms with van der Waals surface area (Å²) in [5.74, 6) is -0.347. The van der Waals surface area contributed by atoms with Gasteiger partial charge < -0.3 is 4.90 Å². The molecular formula is C20H17BrN2O3S2. The lowest BCUT2D eigenvalue weighted by Gasteiger charge is -2.38. The minimum atomic E-state index is -4.10. The number of rotatable bonds is 5. The number of fused-ring (bicyclic) bond motifs is 2. The molecule has 4 rings (SSSR count). The summed E-state index contributed by atoms with van der Waals surface area (Å²) in [4.78, 5) is 8.89. The largest absolute Gasteiger partial charge is 0.330 e. The van der Waals surface area contributed by atoms with Crippen LogP contribution in [0.2, 0.25) is 0 Å². The highest BCUT2D eigenvalue weighted by atomic mass is 79.9. The molecule has 0 radical (unpaired) electrons. The van der Waals surface area contributed by atoms with E-state index in [4.69, 9.17) is 0 Å². The van der Waals surface area contributed by atoms with Crippen LogP contribution in [0.5, 0.6) is 0 Å². The molecule has 2 aromatic carbocycles. The molecule has 1 N–H and O–H groups in total. The molecule has 1 unspecified atom stereocenters. The highest BCUT2D eigenvalue weighted by Crippen LogP contribution is 2.51. The van der Waals surface area contributed by atoms with Gasteiger partial charge in [-0.25, -0.2) is 4.98 Å². The summed E-state index contributed by atoms with van der Waals surface area (Å²) in [6.45, 7) is 0. The molecule has 0 spiro atoms. The van der Waals surface area contributed by atoms with E-state index in [1.54, 1.807) is 11.8 Å². The third-order valence-electron chi connectivity index (χ3n) is 4.51. The van der Waals surface area contributed by atoms with Gasteiger partial charge in [-0.15, -0.1) is 0 Å². The maximum atomic E-state index is 11.5. The minimum absolute atomic E-state index is 0.204. The fourth-order valence-electron chi connectivity index (χ4n) is 3.35. The highest BCUT2D eigenvalue weighted by Gasteiger charge is 2.31. The fraction of sp³-hybridized carbons (Fsp3) is 0.150. The van der Waals surface area contributed by atoms with Gasteiger partial charge in [-0.05, 0) is 58.7 Å². The van der Waals surface area contributed by atoms with Crippen molar-refractivity contribution >= 4 is 49.2 Å². The Morgan fingerprint density at radius 2 is 1.57 bits per heavy atom. The summed E-state index contributed by atoms with van der Waals surface area (Å²) in [5.41, 5.74) is 2.72. The van der Waals surface area contributed by atoms with E-state index in [0.717, 1.165) is 26.9 Å². The van der Waals surface area contributed by atoms with Gasteiger partial charge in [0.2, 0.25) is 0 Å². The van der Waals surface area contributed by atoms with Crippen molar-refractivity contribution in [2.75, 3.05) is 10.7 Å². The summed E-state index contributed by atoms with van der Waals surface area (Å²) in [7, 11) is -4.10. The molecule has 5 nitrogen and oxygen atoms in total. The van der Waals surface area contributed by atoms with Gasteiger partial charge in [0.1, 0.15) is 4.60 Å². The van der Waals surface area contributed by atoms with Crippen molar-refractivity contribution in [3.8, 4) is 0 Å². The Hall–Kier alpha value is -1.87. The molecule has 0 fully saturated rings. The standard InChI is InChI=1S/C20H17BrN2O3S2/c21-20-11-5-6-14(22-20)15(12-13-28(24,25)26)23-16-7-1-3-9-18(16)27-19-10-4-2-8-17(19)23/h1-11,15H,12-13H2,(H,24,25,26). The summed E-state index contributed by atoms with van der Waals surface area (Å²) < 4.78 is 33.1. The second-order valence-electron chi connectivity index (χ2n) is 6.38. The highest BCUT2D eigenvalue weighted by molar-refractivity contribution is 9.10. The van der Waals surface area contributed by atoms with Gasteiger partial charge >= 0.3 is 0 Å². The second kappa shape index (κ2) is 7.87. The lowest BCUT2D eigenvalue weighted by atomic mass is 10.1. The van der Waals surface area contributed by atoms with Crippen LogP contribution in [0.3, 0.4) is 0 Å². The number of hydrogen-bond donors (Lipinski definition) is 1. The van der Waals surface area contributed by atoms with Crippen LogP contribution in [0, 0.1) is 0 Å². The van der Waals surface area contributed by atoms with Gasteiger partial charge in [-0.3, -0.25) is 4.55 Å². The number of para-hydroxylation sites is 2. The fourth-order valence-corrected chi connectivity index (χ4v) is 5.30. The number of anilines is 2.